The molecule has 13 heavy (non-hydrogen) atoms. The fraction of sp³-hybridized carbons (Fsp3) is 0.667. The van der Waals surface area contributed by atoms with Crippen molar-refractivity contribution in [2.75, 3.05) is 0 Å². The molecule has 0 aliphatic carbocycles. The summed E-state index contributed by atoms with van der Waals surface area (Å²) in [5.74, 6) is 0. The third-order valence-electron chi connectivity index (χ3n) is 2.66. The molecule has 0 heterocycles. The minimum absolute atomic E-state index is 0.0353. The van der Waals surface area contributed by atoms with Gasteiger partial charge in [0.2, 0.25) is 0 Å². The van der Waals surface area contributed by atoms with Crippen molar-refractivity contribution in [2.45, 2.75) is 46.6 Å². The highest BCUT2D eigenvalue weighted by Gasteiger charge is 2.22. The van der Waals surface area contributed by atoms with Crippen molar-refractivity contribution in [3.05, 3.63) is 24.9 Å². The van der Waals surface area contributed by atoms with Gasteiger partial charge in [0.25, 0.3) is 0 Å². The van der Waals surface area contributed by atoms with E-state index in [-0.39, 0.29) is 11.0 Å². The summed E-state index contributed by atoms with van der Waals surface area (Å²) in [6.45, 7) is 18.6. The van der Waals surface area contributed by atoms with Crippen LogP contribution in [0.4, 0.5) is 0 Å². The van der Waals surface area contributed by atoms with Gasteiger partial charge >= 0.3 is 0 Å². The van der Waals surface area contributed by atoms with Gasteiger partial charge in [0.05, 0.1) is 0 Å². The molecule has 0 aromatic heterocycles. The quantitative estimate of drug-likeness (QED) is 0.640. The molecule has 0 aliphatic rings. The van der Waals surface area contributed by atoms with Crippen LogP contribution in [0.5, 0.6) is 0 Å². The molecule has 1 heteroatoms. The Bertz CT molecular complexity index is 199. The summed E-state index contributed by atoms with van der Waals surface area (Å²) in [6, 6.07) is 0. The zero-order chi connectivity index (χ0) is 10.7. The van der Waals surface area contributed by atoms with Crippen molar-refractivity contribution in [3.63, 3.8) is 0 Å². The normalized spacial score (nSPS) is 12.4. The second-order valence-corrected chi connectivity index (χ2v) is 4.77. The van der Waals surface area contributed by atoms with Gasteiger partial charge < -0.3 is 5.32 Å². The predicted molar refractivity (Wildman–Crippen MR) is 60.6 cm³/mol. The first-order chi connectivity index (χ1) is 5.75. The van der Waals surface area contributed by atoms with Crippen LogP contribution in [0, 0.1) is 5.41 Å². The highest BCUT2D eigenvalue weighted by molar-refractivity contribution is 5.14. The zero-order valence-electron chi connectivity index (χ0n) is 9.70. The van der Waals surface area contributed by atoms with E-state index in [1.54, 1.807) is 0 Å². The number of nitrogens with one attached hydrogen (secondary N) is 1. The van der Waals surface area contributed by atoms with E-state index in [2.05, 4.69) is 53.1 Å². The van der Waals surface area contributed by atoms with E-state index in [4.69, 9.17) is 0 Å². The first kappa shape index (κ1) is 12.3. The van der Waals surface area contributed by atoms with Gasteiger partial charge in [-0.05, 0) is 20.3 Å². The lowest BCUT2D eigenvalue weighted by Gasteiger charge is -2.33. The molecular formula is C12H23N. The average molecular weight is 181 g/mol. The maximum atomic E-state index is 4.05. The van der Waals surface area contributed by atoms with Crippen LogP contribution in [0.25, 0.3) is 0 Å². The van der Waals surface area contributed by atoms with Gasteiger partial charge in [0.15, 0.2) is 0 Å². The van der Waals surface area contributed by atoms with Crippen molar-refractivity contribution in [1.82, 2.24) is 5.32 Å². The molecule has 0 fully saturated rings. The minimum atomic E-state index is -0.0353. The molecule has 0 bridgehead atoms. The topological polar surface area (TPSA) is 12.0 Å². The summed E-state index contributed by atoms with van der Waals surface area (Å²) in [5.41, 5.74) is 1.12. The smallest absolute Gasteiger partial charge is 0.0312 e. The van der Waals surface area contributed by atoms with Crippen LogP contribution in [0.1, 0.15) is 41.0 Å². The van der Waals surface area contributed by atoms with Gasteiger partial charge in [-0.3, -0.25) is 0 Å². The molecule has 0 aliphatic heterocycles. The summed E-state index contributed by atoms with van der Waals surface area (Å²) in [5, 5.41) is 3.43. The third kappa shape index (κ3) is 3.67. The summed E-state index contributed by atoms with van der Waals surface area (Å²) in [6.07, 6.45) is 3.01. The Morgan fingerprint density at radius 1 is 1.31 bits per heavy atom. The summed E-state index contributed by atoms with van der Waals surface area (Å²) < 4.78 is 0. The van der Waals surface area contributed by atoms with Crippen LogP contribution >= 0.6 is 0 Å². The Morgan fingerprint density at radius 3 is 2.08 bits per heavy atom. The standard InChI is InChI=1S/C12H23N/c1-8-11(4,5)10(3)13-12(6,7)9-2/h8,13H,1,3,9H2,2,4-7H3. The van der Waals surface area contributed by atoms with E-state index in [9.17, 15) is 0 Å². The molecule has 0 radical (unpaired) electrons. The van der Waals surface area contributed by atoms with Gasteiger partial charge in [-0.15, -0.1) is 6.58 Å². The molecule has 0 saturated carbocycles. The first-order valence-electron chi connectivity index (χ1n) is 4.86. The molecule has 0 amide bonds. The van der Waals surface area contributed by atoms with Gasteiger partial charge in [0, 0.05) is 16.7 Å². The van der Waals surface area contributed by atoms with Gasteiger partial charge in [-0.25, -0.2) is 0 Å². The lowest BCUT2D eigenvalue weighted by atomic mass is 9.88. The van der Waals surface area contributed by atoms with Crippen molar-refractivity contribution < 1.29 is 0 Å². The zero-order valence-corrected chi connectivity index (χ0v) is 9.70. The minimum Gasteiger partial charge on any atom is -0.383 e. The number of allylic oxidation sites excluding steroid dienone is 1. The van der Waals surface area contributed by atoms with Crippen molar-refractivity contribution in [1.29, 1.82) is 0 Å². The molecule has 0 saturated heterocycles. The molecule has 0 aromatic carbocycles. The SMILES string of the molecule is C=CC(C)(C)C(=C)NC(C)(C)CC. The number of hydrogen-bond acceptors (Lipinski definition) is 1. The molecule has 0 aromatic rings. The molecule has 1 nitrogen and oxygen atoms in total. The van der Waals surface area contributed by atoms with Crippen LogP contribution in [-0.2, 0) is 0 Å². The van der Waals surface area contributed by atoms with Crippen molar-refractivity contribution in [2.24, 2.45) is 5.41 Å². The van der Waals surface area contributed by atoms with E-state index in [0.717, 1.165) is 12.1 Å². The molecule has 0 spiro atoms. The van der Waals surface area contributed by atoms with E-state index >= 15 is 0 Å². The molecule has 76 valence electrons. The second kappa shape index (κ2) is 3.99. The van der Waals surface area contributed by atoms with Gasteiger partial charge in [-0.1, -0.05) is 33.4 Å². The van der Waals surface area contributed by atoms with Gasteiger partial charge in [-0.2, -0.15) is 0 Å². The third-order valence-corrected chi connectivity index (χ3v) is 2.66. The molecule has 0 atom stereocenters. The fourth-order valence-electron chi connectivity index (χ4n) is 0.781. The largest absolute Gasteiger partial charge is 0.383 e. The molecule has 0 unspecified atom stereocenters. The molecule has 0 rings (SSSR count). The molecule has 1 N–H and O–H groups in total. The highest BCUT2D eigenvalue weighted by Crippen LogP contribution is 2.26. The predicted octanol–water partition coefficient (Wildman–Crippen LogP) is 3.49. The Morgan fingerprint density at radius 2 is 1.77 bits per heavy atom. The van der Waals surface area contributed by atoms with Gasteiger partial charge in [0.1, 0.15) is 0 Å². The summed E-state index contributed by atoms with van der Waals surface area (Å²) in [4.78, 5) is 0. The Hall–Kier alpha value is -0.720. The van der Waals surface area contributed by atoms with Crippen molar-refractivity contribution >= 4 is 0 Å². The van der Waals surface area contributed by atoms with Crippen LogP contribution < -0.4 is 5.32 Å². The Labute approximate surface area is 82.9 Å². The molecular weight excluding hydrogens is 158 g/mol. The second-order valence-electron chi connectivity index (χ2n) is 4.77. The summed E-state index contributed by atoms with van der Waals surface area (Å²) in [7, 11) is 0. The van der Waals surface area contributed by atoms with E-state index in [1.165, 1.54) is 0 Å². The van der Waals surface area contributed by atoms with Crippen LogP contribution in [0.15, 0.2) is 24.9 Å². The monoisotopic (exact) mass is 181 g/mol. The van der Waals surface area contributed by atoms with Crippen LogP contribution in [-0.4, -0.2) is 5.54 Å². The van der Waals surface area contributed by atoms with E-state index in [1.807, 2.05) is 6.08 Å². The number of rotatable bonds is 5. The first-order valence-corrected chi connectivity index (χ1v) is 4.86. The lowest BCUT2D eigenvalue weighted by Crippen LogP contribution is -2.41. The lowest BCUT2D eigenvalue weighted by molar-refractivity contribution is 0.372. The average Bonchev–Trinajstić information content (AvgIpc) is 2.04. The Balaban J connectivity index is 4.40. The van der Waals surface area contributed by atoms with E-state index in [0.29, 0.717) is 0 Å². The van der Waals surface area contributed by atoms with Crippen LogP contribution in [0.3, 0.4) is 0 Å². The number of hydrogen-bond donors (Lipinski definition) is 1. The maximum Gasteiger partial charge on any atom is 0.0312 e. The van der Waals surface area contributed by atoms with E-state index < -0.39 is 0 Å². The van der Waals surface area contributed by atoms with Crippen LogP contribution in [0.2, 0.25) is 0 Å². The van der Waals surface area contributed by atoms with Crippen molar-refractivity contribution in [3.8, 4) is 0 Å². The Kier molecular flexibility index (Phi) is 3.77. The highest BCUT2D eigenvalue weighted by atomic mass is 15.0. The fourth-order valence-corrected chi connectivity index (χ4v) is 0.781. The maximum absolute atomic E-state index is 4.05. The summed E-state index contributed by atoms with van der Waals surface area (Å²) >= 11 is 0.